The molecule has 0 radical (unpaired) electrons. The van der Waals surface area contributed by atoms with E-state index in [0.29, 0.717) is 6.54 Å². The third kappa shape index (κ3) is 3.96. The standard InChI is InChI=1S/C14H20N2O3S/c15-14(17)7-10-20(18,19)11-9-16-8-3-5-12-4-1-2-6-13(12)16/h1-2,4,6H,3,5,7-11H2,(H2,15,17). The number of nitrogens with zero attached hydrogens (tertiary/aromatic N) is 1. The molecule has 1 aromatic carbocycles. The average Bonchev–Trinajstić information content (AvgIpc) is 2.43. The Kier molecular flexibility index (Phi) is 4.65. The SMILES string of the molecule is NC(=O)CCS(=O)(=O)CCN1CCCc2ccccc21. The molecular formula is C14H20N2O3S. The highest BCUT2D eigenvalue weighted by Gasteiger charge is 2.19. The molecule has 0 fully saturated rings. The number of hydrogen-bond acceptors (Lipinski definition) is 4. The summed E-state index contributed by atoms with van der Waals surface area (Å²) in [5.41, 5.74) is 7.39. The van der Waals surface area contributed by atoms with Gasteiger partial charge in [-0.3, -0.25) is 4.79 Å². The van der Waals surface area contributed by atoms with Gasteiger partial charge < -0.3 is 10.6 Å². The Morgan fingerprint density at radius 3 is 2.75 bits per heavy atom. The molecule has 1 aliphatic heterocycles. The number of aryl methyl sites for hydroxylation is 1. The van der Waals surface area contributed by atoms with Crippen molar-refractivity contribution < 1.29 is 13.2 Å². The molecule has 0 aliphatic carbocycles. The van der Waals surface area contributed by atoms with Crippen LogP contribution in [0.1, 0.15) is 18.4 Å². The smallest absolute Gasteiger partial charge is 0.218 e. The third-order valence-electron chi connectivity index (χ3n) is 3.54. The van der Waals surface area contributed by atoms with Gasteiger partial charge in [0.05, 0.1) is 11.5 Å². The Hall–Kier alpha value is -1.56. The van der Waals surface area contributed by atoms with Gasteiger partial charge in [0.2, 0.25) is 5.91 Å². The molecule has 2 N–H and O–H groups in total. The molecule has 0 spiro atoms. The average molecular weight is 296 g/mol. The first kappa shape index (κ1) is 14.8. The number of carbonyl (C=O) groups is 1. The fraction of sp³-hybridized carbons (Fsp3) is 0.500. The van der Waals surface area contributed by atoms with Crippen LogP contribution in [-0.4, -0.2) is 38.9 Å². The van der Waals surface area contributed by atoms with Crippen molar-refractivity contribution in [1.29, 1.82) is 0 Å². The second-order valence-corrected chi connectivity index (χ2v) is 7.39. The van der Waals surface area contributed by atoms with Gasteiger partial charge in [0.15, 0.2) is 9.84 Å². The quantitative estimate of drug-likeness (QED) is 0.839. The van der Waals surface area contributed by atoms with Crippen LogP contribution < -0.4 is 10.6 Å². The van der Waals surface area contributed by atoms with Crippen molar-refractivity contribution in [1.82, 2.24) is 0 Å². The number of benzene rings is 1. The van der Waals surface area contributed by atoms with E-state index >= 15 is 0 Å². The molecule has 1 aliphatic rings. The molecule has 0 saturated heterocycles. The minimum atomic E-state index is -3.22. The lowest BCUT2D eigenvalue weighted by atomic mass is 10.0. The van der Waals surface area contributed by atoms with Crippen molar-refractivity contribution in [3.63, 3.8) is 0 Å². The highest BCUT2D eigenvalue weighted by molar-refractivity contribution is 7.91. The molecule has 5 nitrogen and oxygen atoms in total. The first-order chi connectivity index (χ1) is 9.48. The van der Waals surface area contributed by atoms with Gasteiger partial charge in [-0.15, -0.1) is 0 Å². The van der Waals surface area contributed by atoms with Crippen molar-refractivity contribution >= 4 is 21.4 Å². The maximum absolute atomic E-state index is 11.9. The number of fused-ring (bicyclic) bond motifs is 1. The highest BCUT2D eigenvalue weighted by atomic mass is 32.2. The van der Waals surface area contributed by atoms with Crippen molar-refractivity contribution in [2.45, 2.75) is 19.3 Å². The molecule has 1 heterocycles. The molecule has 0 aromatic heterocycles. The van der Waals surface area contributed by atoms with Crippen molar-refractivity contribution in [2.75, 3.05) is 29.5 Å². The predicted octanol–water partition coefficient (Wildman–Crippen LogP) is 0.729. The van der Waals surface area contributed by atoms with Gasteiger partial charge in [0, 0.05) is 25.2 Å². The van der Waals surface area contributed by atoms with Gasteiger partial charge in [0.1, 0.15) is 0 Å². The van der Waals surface area contributed by atoms with Gasteiger partial charge in [-0.05, 0) is 24.5 Å². The second-order valence-electron chi connectivity index (χ2n) is 5.09. The van der Waals surface area contributed by atoms with E-state index in [1.165, 1.54) is 5.56 Å². The molecule has 0 unspecified atom stereocenters. The van der Waals surface area contributed by atoms with Crippen molar-refractivity contribution in [2.24, 2.45) is 5.73 Å². The van der Waals surface area contributed by atoms with Crippen LogP contribution in [0, 0.1) is 0 Å². The number of sulfone groups is 1. The van der Waals surface area contributed by atoms with E-state index in [1.807, 2.05) is 18.2 Å². The molecular weight excluding hydrogens is 276 g/mol. The molecule has 1 amide bonds. The van der Waals surface area contributed by atoms with Crippen LogP contribution in [0.5, 0.6) is 0 Å². The predicted molar refractivity (Wildman–Crippen MR) is 79.4 cm³/mol. The largest absolute Gasteiger partial charge is 0.370 e. The Morgan fingerprint density at radius 1 is 1.25 bits per heavy atom. The van der Waals surface area contributed by atoms with Crippen molar-refractivity contribution in [3.05, 3.63) is 29.8 Å². The molecule has 0 bridgehead atoms. The Balaban J connectivity index is 1.97. The zero-order valence-corrected chi connectivity index (χ0v) is 12.2. The topological polar surface area (TPSA) is 80.5 Å². The highest BCUT2D eigenvalue weighted by Crippen LogP contribution is 2.26. The second kappa shape index (κ2) is 6.26. The van der Waals surface area contributed by atoms with Crippen LogP contribution in [0.2, 0.25) is 0 Å². The van der Waals surface area contributed by atoms with Gasteiger partial charge in [-0.25, -0.2) is 8.42 Å². The number of anilines is 1. The lowest BCUT2D eigenvalue weighted by Gasteiger charge is -2.31. The number of carbonyl (C=O) groups excluding carboxylic acids is 1. The summed E-state index contributed by atoms with van der Waals surface area (Å²) in [6.45, 7) is 1.35. The van der Waals surface area contributed by atoms with E-state index in [4.69, 9.17) is 5.73 Å². The third-order valence-corrected chi connectivity index (χ3v) is 5.17. The van der Waals surface area contributed by atoms with E-state index in [2.05, 4.69) is 11.0 Å². The summed E-state index contributed by atoms with van der Waals surface area (Å²) < 4.78 is 23.7. The Labute approximate surface area is 119 Å². The minimum absolute atomic E-state index is 0.0641. The van der Waals surface area contributed by atoms with E-state index in [-0.39, 0.29) is 17.9 Å². The lowest BCUT2D eigenvalue weighted by Crippen LogP contribution is -2.34. The molecule has 0 atom stereocenters. The Morgan fingerprint density at radius 2 is 2.00 bits per heavy atom. The van der Waals surface area contributed by atoms with E-state index in [1.54, 1.807) is 0 Å². The summed E-state index contributed by atoms with van der Waals surface area (Å²) in [5.74, 6) is -0.663. The Bertz CT molecular complexity index is 584. The van der Waals surface area contributed by atoms with Crippen molar-refractivity contribution in [3.8, 4) is 0 Å². The van der Waals surface area contributed by atoms with Gasteiger partial charge in [-0.1, -0.05) is 18.2 Å². The summed E-state index contributed by atoms with van der Waals surface area (Å²) in [6.07, 6.45) is 1.98. The number of para-hydroxylation sites is 1. The van der Waals surface area contributed by atoms with Gasteiger partial charge in [0.25, 0.3) is 0 Å². The molecule has 1 aromatic rings. The number of rotatable bonds is 6. The van der Waals surface area contributed by atoms with Crippen LogP contribution in [0.4, 0.5) is 5.69 Å². The number of primary amides is 1. The molecule has 6 heteroatoms. The van der Waals surface area contributed by atoms with E-state index < -0.39 is 15.7 Å². The summed E-state index contributed by atoms with van der Waals surface area (Å²) >= 11 is 0. The summed E-state index contributed by atoms with van der Waals surface area (Å²) in [7, 11) is -3.22. The van der Waals surface area contributed by atoms with Crippen LogP contribution in [0.3, 0.4) is 0 Å². The van der Waals surface area contributed by atoms with E-state index in [9.17, 15) is 13.2 Å². The molecule has 20 heavy (non-hydrogen) atoms. The van der Waals surface area contributed by atoms with Crippen LogP contribution in [0.25, 0.3) is 0 Å². The number of hydrogen-bond donors (Lipinski definition) is 1. The zero-order valence-electron chi connectivity index (χ0n) is 11.4. The maximum Gasteiger partial charge on any atom is 0.218 e. The first-order valence-electron chi connectivity index (χ1n) is 6.79. The number of amides is 1. The normalized spacial score (nSPS) is 14.9. The maximum atomic E-state index is 11.9. The van der Waals surface area contributed by atoms with Crippen LogP contribution in [0.15, 0.2) is 24.3 Å². The fourth-order valence-electron chi connectivity index (χ4n) is 2.45. The van der Waals surface area contributed by atoms with E-state index in [0.717, 1.165) is 25.1 Å². The first-order valence-corrected chi connectivity index (χ1v) is 8.62. The lowest BCUT2D eigenvalue weighted by molar-refractivity contribution is -0.117. The summed E-state index contributed by atoms with van der Waals surface area (Å²) in [6, 6.07) is 8.10. The molecule has 0 saturated carbocycles. The summed E-state index contributed by atoms with van der Waals surface area (Å²) in [5, 5.41) is 0. The van der Waals surface area contributed by atoms with Crippen LogP contribution >= 0.6 is 0 Å². The minimum Gasteiger partial charge on any atom is -0.370 e. The summed E-state index contributed by atoms with van der Waals surface area (Å²) in [4.78, 5) is 12.8. The fourth-order valence-corrected chi connectivity index (χ4v) is 3.67. The zero-order chi connectivity index (χ0) is 14.6. The monoisotopic (exact) mass is 296 g/mol. The van der Waals surface area contributed by atoms with Gasteiger partial charge in [-0.2, -0.15) is 0 Å². The molecule has 2 rings (SSSR count). The van der Waals surface area contributed by atoms with Crippen LogP contribution in [-0.2, 0) is 21.1 Å². The molecule has 110 valence electrons. The number of nitrogens with two attached hydrogens (primary N) is 1. The van der Waals surface area contributed by atoms with Gasteiger partial charge >= 0.3 is 0 Å².